The summed E-state index contributed by atoms with van der Waals surface area (Å²) in [5.41, 5.74) is 0. The van der Waals surface area contributed by atoms with Crippen LogP contribution in [0.3, 0.4) is 0 Å². The van der Waals surface area contributed by atoms with E-state index in [0.29, 0.717) is 6.42 Å². The fourth-order valence-electron chi connectivity index (χ4n) is 0.724. The molecule has 0 aliphatic heterocycles. The van der Waals surface area contributed by atoms with Crippen molar-refractivity contribution in [2.24, 2.45) is 0 Å². The van der Waals surface area contributed by atoms with Gasteiger partial charge in [-0.05, 0) is 12.2 Å². The van der Waals surface area contributed by atoms with Gasteiger partial charge in [-0.2, -0.15) is 23.5 Å². The number of hydrogen-bond acceptors (Lipinski definition) is 4. The van der Waals surface area contributed by atoms with Crippen LogP contribution in [0.15, 0.2) is 0 Å². The number of methoxy groups -OCH3 is 1. The monoisotopic (exact) mass is 222 g/mol. The van der Waals surface area contributed by atoms with Crippen molar-refractivity contribution >= 4 is 29.5 Å². The molecule has 0 unspecified atom stereocenters. The minimum Gasteiger partial charge on any atom is -0.469 e. The third kappa shape index (κ3) is 10.1. The second-order valence-corrected chi connectivity index (χ2v) is 5.00. The van der Waals surface area contributed by atoms with E-state index in [2.05, 4.69) is 11.7 Å². The fraction of sp³-hybridized carbons (Fsp3) is 0.889. The molecule has 0 amide bonds. The Kier molecular flexibility index (Phi) is 10.4. The van der Waals surface area contributed by atoms with E-state index in [9.17, 15) is 4.79 Å². The van der Waals surface area contributed by atoms with Crippen LogP contribution in [-0.4, -0.2) is 36.1 Å². The molecule has 0 spiro atoms. The van der Waals surface area contributed by atoms with Crippen LogP contribution in [0.2, 0.25) is 0 Å². The maximum absolute atomic E-state index is 10.7. The van der Waals surface area contributed by atoms with Gasteiger partial charge >= 0.3 is 5.97 Å². The normalized spacial score (nSPS) is 10.0. The average molecular weight is 222 g/mol. The molecular formula is C9H18O2S2. The van der Waals surface area contributed by atoms with E-state index in [4.69, 9.17) is 0 Å². The summed E-state index contributed by atoms with van der Waals surface area (Å²) in [6.45, 7) is 2.19. The predicted molar refractivity (Wildman–Crippen MR) is 61.6 cm³/mol. The van der Waals surface area contributed by atoms with Crippen LogP contribution in [0, 0.1) is 0 Å². The number of thioether (sulfide) groups is 2. The molecule has 0 radical (unpaired) electrons. The van der Waals surface area contributed by atoms with Gasteiger partial charge in [-0.1, -0.05) is 6.92 Å². The van der Waals surface area contributed by atoms with Crippen molar-refractivity contribution in [3.63, 3.8) is 0 Å². The first-order valence-electron chi connectivity index (χ1n) is 4.53. The van der Waals surface area contributed by atoms with Crippen LogP contribution < -0.4 is 0 Å². The van der Waals surface area contributed by atoms with Crippen LogP contribution in [0.4, 0.5) is 0 Å². The highest BCUT2D eigenvalue weighted by Crippen LogP contribution is 2.09. The Labute approximate surface area is 89.2 Å². The van der Waals surface area contributed by atoms with E-state index in [-0.39, 0.29) is 5.97 Å². The number of esters is 1. The molecule has 0 rings (SSSR count). The Bertz CT molecular complexity index is 129. The number of hydrogen-bond donors (Lipinski definition) is 0. The number of ether oxygens (including phenoxy) is 1. The van der Waals surface area contributed by atoms with Gasteiger partial charge in [0.15, 0.2) is 0 Å². The molecule has 0 fully saturated rings. The molecule has 0 heterocycles. The zero-order valence-corrected chi connectivity index (χ0v) is 10.0. The molecule has 0 saturated heterocycles. The summed E-state index contributed by atoms with van der Waals surface area (Å²) < 4.78 is 4.54. The molecule has 0 aliphatic carbocycles. The molecule has 0 atom stereocenters. The average Bonchev–Trinajstić information content (AvgIpc) is 2.16. The summed E-state index contributed by atoms with van der Waals surface area (Å²) >= 11 is 3.81. The summed E-state index contributed by atoms with van der Waals surface area (Å²) in [6.07, 6.45) is 1.79. The molecule has 4 heteroatoms. The minimum atomic E-state index is -0.103. The van der Waals surface area contributed by atoms with E-state index in [1.54, 1.807) is 0 Å². The summed E-state index contributed by atoms with van der Waals surface area (Å²) in [7, 11) is 1.43. The maximum Gasteiger partial charge on any atom is 0.306 e. The van der Waals surface area contributed by atoms with E-state index in [0.717, 1.165) is 11.5 Å². The van der Waals surface area contributed by atoms with E-state index >= 15 is 0 Å². The Balaban J connectivity index is 2.95. The lowest BCUT2D eigenvalue weighted by molar-refractivity contribution is -0.140. The van der Waals surface area contributed by atoms with Crippen molar-refractivity contribution < 1.29 is 9.53 Å². The van der Waals surface area contributed by atoms with E-state index in [1.807, 2.05) is 23.5 Å². The molecule has 0 aliphatic rings. The summed E-state index contributed by atoms with van der Waals surface area (Å²) in [4.78, 5) is 10.7. The van der Waals surface area contributed by atoms with Gasteiger partial charge in [0, 0.05) is 17.3 Å². The first-order valence-corrected chi connectivity index (χ1v) is 6.84. The molecule has 2 nitrogen and oxygen atoms in total. The second kappa shape index (κ2) is 10.3. The van der Waals surface area contributed by atoms with E-state index in [1.165, 1.54) is 25.0 Å². The minimum absolute atomic E-state index is 0.103. The van der Waals surface area contributed by atoms with Gasteiger partial charge in [-0.15, -0.1) is 0 Å². The topological polar surface area (TPSA) is 26.3 Å². The summed E-state index contributed by atoms with van der Waals surface area (Å²) in [5, 5.41) is 0. The molecule has 0 aromatic heterocycles. The maximum atomic E-state index is 10.7. The van der Waals surface area contributed by atoms with Crippen molar-refractivity contribution in [3.05, 3.63) is 0 Å². The van der Waals surface area contributed by atoms with Crippen LogP contribution in [0.5, 0.6) is 0 Å². The van der Waals surface area contributed by atoms with Crippen LogP contribution in [0.25, 0.3) is 0 Å². The number of carbonyl (C=O) groups excluding carboxylic acids is 1. The van der Waals surface area contributed by atoms with Crippen molar-refractivity contribution in [1.29, 1.82) is 0 Å². The van der Waals surface area contributed by atoms with Crippen molar-refractivity contribution in [1.82, 2.24) is 0 Å². The van der Waals surface area contributed by atoms with Crippen LogP contribution in [-0.2, 0) is 9.53 Å². The molecule has 78 valence electrons. The van der Waals surface area contributed by atoms with Crippen molar-refractivity contribution in [3.8, 4) is 0 Å². The van der Waals surface area contributed by atoms with Gasteiger partial charge < -0.3 is 4.74 Å². The van der Waals surface area contributed by atoms with Gasteiger partial charge in [0.05, 0.1) is 13.5 Å². The first-order chi connectivity index (χ1) is 6.31. The lowest BCUT2D eigenvalue weighted by atomic mass is 10.5. The largest absolute Gasteiger partial charge is 0.469 e. The Morgan fingerprint density at radius 3 is 2.31 bits per heavy atom. The molecule has 0 saturated carbocycles. The van der Waals surface area contributed by atoms with E-state index < -0.39 is 0 Å². The number of carbonyl (C=O) groups is 1. The Morgan fingerprint density at radius 1 is 1.15 bits per heavy atom. The summed E-state index contributed by atoms with van der Waals surface area (Å²) in [6, 6.07) is 0. The highest BCUT2D eigenvalue weighted by molar-refractivity contribution is 8.02. The molecule has 0 bridgehead atoms. The highest BCUT2D eigenvalue weighted by atomic mass is 32.2. The smallest absolute Gasteiger partial charge is 0.306 e. The lowest BCUT2D eigenvalue weighted by Crippen LogP contribution is -2.01. The summed E-state index contributed by atoms with van der Waals surface area (Å²) in [5.74, 6) is 4.37. The molecule has 0 aromatic rings. The fourth-order valence-corrected chi connectivity index (χ4v) is 2.67. The lowest BCUT2D eigenvalue weighted by Gasteiger charge is -2.00. The second-order valence-electron chi connectivity index (χ2n) is 2.55. The van der Waals surface area contributed by atoms with Crippen molar-refractivity contribution in [2.45, 2.75) is 19.8 Å². The SMILES string of the molecule is CCCSCCSCCC(=O)OC. The zero-order valence-electron chi connectivity index (χ0n) is 8.38. The molecule has 0 aromatic carbocycles. The quantitative estimate of drug-likeness (QED) is 0.465. The molecule has 13 heavy (non-hydrogen) atoms. The zero-order chi connectivity index (χ0) is 9.94. The van der Waals surface area contributed by atoms with Gasteiger partial charge in [-0.3, -0.25) is 4.79 Å². The third-order valence-electron chi connectivity index (χ3n) is 1.40. The Morgan fingerprint density at radius 2 is 1.77 bits per heavy atom. The van der Waals surface area contributed by atoms with Crippen LogP contribution >= 0.6 is 23.5 Å². The van der Waals surface area contributed by atoms with Crippen LogP contribution in [0.1, 0.15) is 19.8 Å². The molecule has 0 N–H and O–H groups in total. The van der Waals surface area contributed by atoms with Gasteiger partial charge in [0.2, 0.25) is 0 Å². The standard InChI is InChI=1S/C9H18O2S2/c1-3-5-12-7-8-13-6-4-9(10)11-2/h3-8H2,1-2H3. The highest BCUT2D eigenvalue weighted by Gasteiger charge is 1.98. The van der Waals surface area contributed by atoms with Crippen molar-refractivity contribution in [2.75, 3.05) is 30.1 Å². The first kappa shape index (κ1) is 13.2. The van der Waals surface area contributed by atoms with Gasteiger partial charge in [-0.25, -0.2) is 0 Å². The number of rotatable bonds is 8. The third-order valence-corrected chi connectivity index (χ3v) is 3.83. The molecular weight excluding hydrogens is 204 g/mol. The van der Waals surface area contributed by atoms with Gasteiger partial charge in [0.25, 0.3) is 0 Å². The van der Waals surface area contributed by atoms with Gasteiger partial charge in [0.1, 0.15) is 0 Å². The predicted octanol–water partition coefficient (Wildman–Crippen LogP) is 2.43. The Hall–Kier alpha value is 0.170.